The van der Waals surface area contributed by atoms with Crippen LogP contribution in [0.1, 0.15) is 32.6 Å². The highest BCUT2D eigenvalue weighted by Crippen LogP contribution is 2.34. The SMILES string of the molecule is CCOC(=O)c1cnn(-c2cccc(NC(=O)c3sccc3OC(F)F)c2)c1C(F)(F)F. The second-order valence-electron chi connectivity index (χ2n) is 6.03. The number of halogens is 5. The van der Waals surface area contributed by atoms with E-state index in [4.69, 9.17) is 0 Å². The fraction of sp³-hybridized carbons (Fsp3) is 0.211. The molecule has 0 spiro atoms. The maximum absolute atomic E-state index is 13.7. The van der Waals surface area contributed by atoms with Gasteiger partial charge in [-0.25, -0.2) is 9.48 Å². The molecule has 0 atom stereocenters. The molecule has 1 aromatic carbocycles. The van der Waals surface area contributed by atoms with Crippen molar-refractivity contribution in [3.8, 4) is 11.4 Å². The average molecular weight is 475 g/mol. The van der Waals surface area contributed by atoms with E-state index in [0.29, 0.717) is 4.68 Å². The third kappa shape index (κ3) is 5.04. The summed E-state index contributed by atoms with van der Waals surface area (Å²) >= 11 is 0.848. The van der Waals surface area contributed by atoms with E-state index in [2.05, 4.69) is 19.9 Å². The number of esters is 1. The Hall–Kier alpha value is -3.48. The Kier molecular flexibility index (Phi) is 6.77. The molecule has 0 aliphatic heterocycles. The molecule has 0 saturated heterocycles. The molecule has 32 heavy (non-hydrogen) atoms. The molecule has 1 N–H and O–H groups in total. The number of nitrogens with one attached hydrogen (secondary N) is 1. The largest absolute Gasteiger partial charge is 0.462 e. The van der Waals surface area contributed by atoms with Crippen molar-refractivity contribution in [2.45, 2.75) is 19.7 Å². The second-order valence-corrected chi connectivity index (χ2v) is 6.95. The number of benzene rings is 1. The number of alkyl halides is 5. The Morgan fingerprint density at radius 3 is 2.66 bits per heavy atom. The number of hydrogen-bond acceptors (Lipinski definition) is 6. The molecule has 0 radical (unpaired) electrons. The van der Waals surface area contributed by atoms with E-state index >= 15 is 0 Å². The van der Waals surface area contributed by atoms with Gasteiger partial charge in [0.2, 0.25) is 0 Å². The van der Waals surface area contributed by atoms with Gasteiger partial charge < -0.3 is 14.8 Å². The van der Waals surface area contributed by atoms with Crippen LogP contribution in [0.15, 0.2) is 41.9 Å². The summed E-state index contributed by atoms with van der Waals surface area (Å²) in [5.41, 5.74) is -2.16. The average Bonchev–Trinajstić information content (AvgIpc) is 3.35. The maximum Gasteiger partial charge on any atom is 0.434 e. The van der Waals surface area contributed by atoms with Crippen LogP contribution in [0.2, 0.25) is 0 Å². The molecule has 0 fully saturated rings. The molecule has 0 aliphatic rings. The number of ether oxygens (including phenoxy) is 2. The maximum atomic E-state index is 13.7. The summed E-state index contributed by atoms with van der Waals surface area (Å²) in [4.78, 5) is 24.2. The van der Waals surface area contributed by atoms with Crippen LogP contribution in [0, 0.1) is 0 Å². The first-order valence-electron chi connectivity index (χ1n) is 8.88. The Morgan fingerprint density at radius 1 is 1.25 bits per heavy atom. The highest BCUT2D eigenvalue weighted by Gasteiger charge is 2.41. The smallest absolute Gasteiger partial charge is 0.434 e. The molecule has 7 nitrogen and oxygen atoms in total. The monoisotopic (exact) mass is 475 g/mol. The van der Waals surface area contributed by atoms with Gasteiger partial charge in [0.1, 0.15) is 16.2 Å². The highest BCUT2D eigenvalue weighted by atomic mass is 32.1. The summed E-state index contributed by atoms with van der Waals surface area (Å²) in [6.07, 6.45) is -4.19. The summed E-state index contributed by atoms with van der Waals surface area (Å²) < 4.78 is 75.3. The Labute approximate surface area is 181 Å². The van der Waals surface area contributed by atoms with E-state index in [1.807, 2.05) is 0 Å². The van der Waals surface area contributed by atoms with Gasteiger partial charge in [0, 0.05) is 5.69 Å². The zero-order valence-corrected chi connectivity index (χ0v) is 17.0. The van der Waals surface area contributed by atoms with Crippen molar-refractivity contribution in [2.75, 3.05) is 11.9 Å². The van der Waals surface area contributed by atoms with Gasteiger partial charge in [0.25, 0.3) is 5.91 Å². The molecule has 0 unspecified atom stereocenters. The molecule has 170 valence electrons. The quantitative estimate of drug-likeness (QED) is 0.385. The van der Waals surface area contributed by atoms with Crippen molar-refractivity contribution in [1.29, 1.82) is 0 Å². The summed E-state index contributed by atoms with van der Waals surface area (Å²) in [5.74, 6) is -2.31. The van der Waals surface area contributed by atoms with Crippen LogP contribution in [0.3, 0.4) is 0 Å². The lowest BCUT2D eigenvalue weighted by molar-refractivity contribution is -0.143. The highest BCUT2D eigenvalue weighted by molar-refractivity contribution is 7.12. The van der Waals surface area contributed by atoms with Gasteiger partial charge in [0.05, 0.1) is 18.5 Å². The van der Waals surface area contributed by atoms with Gasteiger partial charge in [-0.1, -0.05) is 6.07 Å². The van der Waals surface area contributed by atoms with E-state index in [1.54, 1.807) is 0 Å². The normalized spacial score (nSPS) is 11.5. The van der Waals surface area contributed by atoms with Gasteiger partial charge in [-0.3, -0.25) is 4.79 Å². The molecule has 0 bridgehead atoms. The molecule has 1 amide bonds. The summed E-state index contributed by atoms with van der Waals surface area (Å²) in [7, 11) is 0. The number of carbonyl (C=O) groups is 2. The van der Waals surface area contributed by atoms with Crippen molar-refractivity contribution in [1.82, 2.24) is 9.78 Å². The third-order valence-electron chi connectivity index (χ3n) is 3.93. The zero-order valence-electron chi connectivity index (χ0n) is 16.2. The Bertz CT molecular complexity index is 1130. The summed E-state index contributed by atoms with van der Waals surface area (Å²) in [5, 5.41) is 7.44. The number of amides is 1. The number of carbonyl (C=O) groups excluding carboxylic acids is 2. The van der Waals surface area contributed by atoms with Crippen molar-refractivity contribution < 1.29 is 41.0 Å². The van der Waals surface area contributed by atoms with Crippen LogP contribution >= 0.6 is 11.3 Å². The summed E-state index contributed by atoms with van der Waals surface area (Å²) in [6.45, 7) is -1.80. The van der Waals surface area contributed by atoms with Crippen molar-refractivity contribution in [3.63, 3.8) is 0 Å². The fourth-order valence-electron chi connectivity index (χ4n) is 2.73. The lowest BCUT2D eigenvalue weighted by atomic mass is 10.2. The molecule has 0 aliphatic carbocycles. The van der Waals surface area contributed by atoms with Crippen molar-refractivity contribution in [2.24, 2.45) is 0 Å². The minimum Gasteiger partial charge on any atom is -0.462 e. The Morgan fingerprint density at radius 2 is 2.00 bits per heavy atom. The lowest BCUT2D eigenvalue weighted by Crippen LogP contribution is -2.18. The lowest BCUT2D eigenvalue weighted by Gasteiger charge is -2.13. The van der Waals surface area contributed by atoms with Gasteiger partial charge in [-0.2, -0.15) is 27.1 Å². The van der Waals surface area contributed by atoms with Crippen molar-refractivity contribution in [3.05, 3.63) is 58.0 Å². The molecule has 2 aromatic heterocycles. The topological polar surface area (TPSA) is 82.5 Å². The number of rotatable bonds is 7. The first kappa shape index (κ1) is 23.2. The fourth-order valence-corrected chi connectivity index (χ4v) is 3.45. The third-order valence-corrected chi connectivity index (χ3v) is 4.83. The van der Waals surface area contributed by atoms with Gasteiger partial charge in [-0.15, -0.1) is 11.3 Å². The van der Waals surface area contributed by atoms with E-state index in [0.717, 1.165) is 17.5 Å². The molecule has 3 aromatic rings. The van der Waals surface area contributed by atoms with Crippen LogP contribution in [0.4, 0.5) is 27.6 Å². The van der Waals surface area contributed by atoms with E-state index < -0.39 is 35.9 Å². The van der Waals surface area contributed by atoms with Gasteiger partial charge in [0.15, 0.2) is 5.69 Å². The number of nitrogens with zero attached hydrogens (tertiary/aromatic N) is 2. The zero-order chi connectivity index (χ0) is 23.5. The van der Waals surface area contributed by atoms with Crippen LogP contribution < -0.4 is 10.1 Å². The minimum atomic E-state index is -4.93. The predicted molar refractivity (Wildman–Crippen MR) is 103 cm³/mol. The molecule has 13 heteroatoms. The minimum absolute atomic E-state index is 0.0604. The number of aromatic nitrogens is 2. The van der Waals surface area contributed by atoms with Crippen LogP contribution in [-0.2, 0) is 10.9 Å². The molecule has 2 heterocycles. The molecule has 0 saturated carbocycles. The number of hydrogen-bond donors (Lipinski definition) is 1. The van der Waals surface area contributed by atoms with Crippen molar-refractivity contribution >= 4 is 28.9 Å². The van der Waals surface area contributed by atoms with E-state index in [1.165, 1.54) is 42.6 Å². The second kappa shape index (κ2) is 9.34. The first-order chi connectivity index (χ1) is 15.1. The number of thiophene rings is 1. The van der Waals surface area contributed by atoms with Crippen LogP contribution in [-0.4, -0.2) is 34.9 Å². The molecular formula is C19H14F5N3O4S. The van der Waals surface area contributed by atoms with Gasteiger partial charge >= 0.3 is 18.8 Å². The van der Waals surface area contributed by atoms with Crippen LogP contribution in [0.5, 0.6) is 5.75 Å². The molecular weight excluding hydrogens is 461 g/mol. The van der Waals surface area contributed by atoms with E-state index in [9.17, 15) is 31.5 Å². The van der Waals surface area contributed by atoms with Gasteiger partial charge in [-0.05, 0) is 36.6 Å². The van der Waals surface area contributed by atoms with Crippen LogP contribution in [0.25, 0.3) is 5.69 Å². The van der Waals surface area contributed by atoms with E-state index in [-0.39, 0.29) is 28.6 Å². The Balaban J connectivity index is 1.93. The first-order valence-corrected chi connectivity index (χ1v) is 9.76. The standard InChI is InChI=1S/C19H14F5N3O4S/c1-2-30-17(29)12-9-25-27(15(12)19(22,23)24)11-5-3-4-10(8-11)26-16(28)14-13(6-7-32-14)31-18(20)21/h3-9,18H,2H2,1H3,(H,26,28). The number of anilines is 1. The summed E-state index contributed by atoms with van der Waals surface area (Å²) in [6, 6.07) is 6.38. The predicted octanol–water partition coefficient (Wildman–Crippen LogP) is 4.98. The molecule has 3 rings (SSSR count).